The fraction of sp³-hybridized carbons (Fsp3) is 0.609. The third-order valence-electron chi connectivity index (χ3n) is 7.12. The van der Waals surface area contributed by atoms with Gasteiger partial charge in [-0.25, -0.2) is 0 Å². The van der Waals surface area contributed by atoms with Crippen molar-refractivity contribution in [3.8, 4) is 6.07 Å². The molecule has 6 atom stereocenters. The van der Waals surface area contributed by atoms with E-state index < -0.39 is 35.9 Å². The molecule has 33 heavy (non-hydrogen) atoms. The third-order valence-corrected chi connectivity index (χ3v) is 7.12. The van der Waals surface area contributed by atoms with Gasteiger partial charge in [-0.15, -0.1) is 0 Å². The summed E-state index contributed by atoms with van der Waals surface area (Å²) in [4.78, 5) is 31.0. The summed E-state index contributed by atoms with van der Waals surface area (Å²) in [5, 5.41) is 9.32. The first kappa shape index (κ1) is 23.5. The van der Waals surface area contributed by atoms with Crippen molar-refractivity contribution in [2.24, 2.45) is 11.7 Å². The summed E-state index contributed by atoms with van der Waals surface area (Å²) in [6, 6.07) is 4.85. The van der Waals surface area contributed by atoms with E-state index in [0.29, 0.717) is 31.5 Å². The van der Waals surface area contributed by atoms with Crippen molar-refractivity contribution in [3.05, 3.63) is 35.4 Å². The Morgan fingerprint density at radius 1 is 1.30 bits per heavy atom. The number of nitrogens with two attached hydrogens (primary N) is 1. The van der Waals surface area contributed by atoms with Crippen LogP contribution < -0.4 is 5.73 Å². The van der Waals surface area contributed by atoms with Crippen molar-refractivity contribution in [1.82, 2.24) is 14.7 Å². The van der Waals surface area contributed by atoms with Crippen LogP contribution in [0.2, 0.25) is 0 Å². The van der Waals surface area contributed by atoms with Gasteiger partial charge in [0.2, 0.25) is 11.8 Å². The molecule has 3 aliphatic heterocycles. The van der Waals surface area contributed by atoms with Crippen LogP contribution in [-0.2, 0) is 15.8 Å². The fourth-order valence-corrected chi connectivity index (χ4v) is 5.49. The highest BCUT2D eigenvalue weighted by Crippen LogP contribution is 2.39. The Hall–Kier alpha value is -2.64. The molecule has 0 aromatic heterocycles. The first-order chi connectivity index (χ1) is 15.5. The molecule has 2 amide bonds. The zero-order valence-electron chi connectivity index (χ0n) is 18.6. The first-order valence-corrected chi connectivity index (χ1v) is 11.2. The lowest BCUT2D eigenvalue weighted by Crippen LogP contribution is -2.56. The zero-order valence-corrected chi connectivity index (χ0v) is 18.6. The number of nitriles is 1. The highest BCUT2D eigenvalue weighted by atomic mass is 19.4. The molecule has 0 saturated carbocycles. The SMILES string of the molecule is CC1CC(C#N)N(C(=O)C(N)CN2CC3CC2C(=O)N3C(C)c2cccc(C(F)(F)F)c2)C1. The smallest absolute Gasteiger partial charge is 0.330 e. The van der Waals surface area contributed by atoms with Gasteiger partial charge in [0, 0.05) is 25.7 Å². The van der Waals surface area contributed by atoms with Crippen molar-refractivity contribution in [3.63, 3.8) is 0 Å². The van der Waals surface area contributed by atoms with Gasteiger partial charge in [-0.2, -0.15) is 18.4 Å². The van der Waals surface area contributed by atoms with Crippen molar-refractivity contribution in [2.45, 2.75) is 63.1 Å². The Morgan fingerprint density at radius 2 is 2.03 bits per heavy atom. The lowest BCUT2D eigenvalue weighted by molar-refractivity contribution is -0.141. The minimum Gasteiger partial charge on any atom is -0.330 e. The molecule has 2 N–H and O–H groups in total. The Bertz CT molecular complexity index is 978. The number of piperazine rings is 1. The average Bonchev–Trinajstić information content (AvgIpc) is 3.44. The van der Waals surface area contributed by atoms with E-state index in [1.54, 1.807) is 17.9 Å². The number of carbonyl (C=O) groups is 2. The van der Waals surface area contributed by atoms with Crippen LogP contribution in [0, 0.1) is 17.2 Å². The molecule has 3 aliphatic rings. The highest BCUT2D eigenvalue weighted by molar-refractivity contribution is 5.87. The van der Waals surface area contributed by atoms with E-state index in [4.69, 9.17) is 5.73 Å². The lowest BCUT2D eigenvalue weighted by atomic mass is 10.0. The number of alkyl halides is 3. The van der Waals surface area contributed by atoms with Crippen molar-refractivity contribution < 1.29 is 22.8 Å². The Morgan fingerprint density at radius 3 is 2.67 bits per heavy atom. The second-order valence-electron chi connectivity index (χ2n) is 9.49. The summed E-state index contributed by atoms with van der Waals surface area (Å²) in [5.41, 5.74) is 5.89. The molecule has 2 bridgehead atoms. The fourth-order valence-electron chi connectivity index (χ4n) is 5.49. The van der Waals surface area contributed by atoms with E-state index >= 15 is 0 Å². The predicted octanol–water partition coefficient (Wildman–Crippen LogP) is 2.14. The van der Waals surface area contributed by atoms with Crippen LogP contribution in [0.1, 0.15) is 43.9 Å². The van der Waals surface area contributed by atoms with Crippen LogP contribution in [0.4, 0.5) is 13.2 Å². The van der Waals surface area contributed by atoms with Gasteiger partial charge in [0.05, 0.1) is 29.8 Å². The van der Waals surface area contributed by atoms with Crippen LogP contribution in [0.15, 0.2) is 24.3 Å². The van der Waals surface area contributed by atoms with E-state index in [0.717, 1.165) is 12.1 Å². The number of nitrogens with zero attached hydrogens (tertiary/aromatic N) is 4. The molecule has 3 saturated heterocycles. The number of hydrogen-bond acceptors (Lipinski definition) is 5. The Kier molecular flexibility index (Phi) is 6.14. The molecule has 178 valence electrons. The molecule has 3 fully saturated rings. The standard InChI is InChI=1S/C23H28F3N5O2/c1-13-6-17(9-27)30(10-13)21(32)19(28)12-29-11-18-8-20(29)22(33)31(18)14(2)15-4-3-5-16(7-15)23(24,25)26/h3-5,7,13-14,17-20H,6,8,10-12,28H2,1-2H3. The molecule has 0 aliphatic carbocycles. The number of benzene rings is 1. The summed E-state index contributed by atoms with van der Waals surface area (Å²) in [7, 11) is 0. The van der Waals surface area contributed by atoms with E-state index in [1.807, 2.05) is 11.8 Å². The quantitative estimate of drug-likeness (QED) is 0.722. The van der Waals surface area contributed by atoms with Crippen LogP contribution >= 0.6 is 0 Å². The van der Waals surface area contributed by atoms with Gasteiger partial charge in [0.25, 0.3) is 0 Å². The van der Waals surface area contributed by atoms with E-state index in [9.17, 15) is 28.0 Å². The molecule has 0 spiro atoms. The molecule has 1 aromatic rings. The van der Waals surface area contributed by atoms with Crippen LogP contribution in [-0.4, -0.2) is 70.3 Å². The summed E-state index contributed by atoms with van der Waals surface area (Å²) in [6.45, 7) is 4.95. The number of fused-ring (bicyclic) bond motifs is 2. The van der Waals surface area contributed by atoms with Crippen molar-refractivity contribution >= 4 is 11.8 Å². The molecule has 7 nitrogen and oxygen atoms in total. The van der Waals surface area contributed by atoms with Crippen molar-refractivity contribution in [2.75, 3.05) is 19.6 Å². The topological polar surface area (TPSA) is 93.7 Å². The molecule has 3 heterocycles. The third kappa shape index (κ3) is 4.32. The number of hydrogen-bond donors (Lipinski definition) is 1. The summed E-state index contributed by atoms with van der Waals surface area (Å²) >= 11 is 0. The second-order valence-corrected chi connectivity index (χ2v) is 9.49. The average molecular weight is 464 g/mol. The van der Waals surface area contributed by atoms with E-state index in [2.05, 4.69) is 6.07 Å². The molecule has 4 rings (SSSR count). The van der Waals surface area contributed by atoms with Crippen molar-refractivity contribution in [1.29, 1.82) is 5.26 Å². The molecular formula is C23H28F3N5O2. The maximum Gasteiger partial charge on any atom is 0.416 e. The van der Waals surface area contributed by atoms with Crippen LogP contribution in [0.5, 0.6) is 0 Å². The lowest BCUT2D eigenvalue weighted by Gasteiger charge is -2.38. The monoisotopic (exact) mass is 463 g/mol. The minimum absolute atomic E-state index is 0.145. The van der Waals surface area contributed by atoms with Gasteiger partial charge in [-0.1, -0.05) is 19.1 Å². The number of likely N-dealkylation sites (tertiary alicyclic amines) is 3. The minimum atomic E-state index is -4.44. The summed E-state index contributed by atoms with van der Waals surface area (Å²) in [6.07, 6.45) is -3.25. The highest BCUT2D eigenvalue weighted by Gasteiger charge is 2.52. The first-order valence-electron chi connectivity index (χ1n) is 11.2. The molecule has 0 radical (unpaired) electrons. The number of amides is 2. The van der Waals surface area contributed by atoms with E-state index in [1.165, 1.54) is 11.0 Å². The van der Waals surface area contributed by atoms with Gasteiger partial charge >= 0.3 is 6.18 Å². The largest absolute Gasteiger partial charge is 0.416 e. The van der Waals surface area contributed by atoms with Crippen LogP contribution in [0.3, 0.4) is 0 Å². The molecule has 10 heteroatoms. The summed E-state index contributed by atoms with van der Waals surface area (Å²) in [5.74, 6) is -0.197. The molecule has 1 aromatic carbocycles. The van der Waals surface area contributed by atoms with Gasteiger partial charge < -0.3 is 15.5 Å². The number of rotatable bonds is 5. The van der Waals surface area contributed by atoms with Gasteiger partial charge in [0.1, 0.15) is 6.04 Å². The van der Waals surface area contributed by atoms with E-state index in [-0.39, 0.29) is 30.3 Å². The Labute approximate surface area is 190 Å². The van der Waals surface area contributed by atoms with Crippen LogP contribution in [0.25, 0.3) is 0 Å². The normalized spacial score (nSPS) is 29.4. The second kappa shape index (κ2) is 8.61. The molecular weight excluding hydrogens is 435 g/mol. The Balaban J connectivity index is 1.41. The summed E-state index contributed by atoms with van der Waals surface area (Å²) < 4.78 is 39.3. The number of carbonyl (C=O) groups excluding carboxylic acids is 2. The van der Waals surface area contributed by atoms with Gasteiger partial charge in [0.15, 0.2) is 0 Å². The zero-order chi connectivity index (χ0) is 24.1. The maximum atomic E-state index is 13.1. The molecule has 6 unspecified atom stereocenters. The van der Waals surface area contributed by atoms with Gasteiger partial charge in [-0.05, 0) is 43.4 Å². The van der Waals surface area contributed by atoms with Gasteiger partial charge in [-0.3, -0.25) is 14.5 Å². The predicted molar refractivity (Wildman–Crippen MR) is 113 cm³/mol. The number of halogens is 3. The maximum absolute atomic E-state index is 13.1.